The van der Waals surface area contributed by atoms with Gasteiger partial charge in [-0.3, -0.25) is 0 Å². The first-order valence-corrected chi connectivity index (χ1v) is 15.5. The Balaban J connectivity index is 0.000000202. The van der Waals surface area contributed by atoms with Crippen LogP contribution in [-0.4, -0.2) is 94.4 Å². The fourth-order valence-corrected chi connectivity index (χ4v) is 4.15. The summed E-state index contributed by atoms with van der Waals surface area (Å²) in [5.74, 6) is -1.14. The molecule has 4 aliphatic heterocycles. The molecule has 0 atom stereocenters. The van der Waals surface area contributed by atoms with Crippen LogP contribution >= 0.6 is 0 Å². The molecule has 0 aliphatic carbocycles. The van der Waals surface area contributed by atoms with E-state index < -0.39 is 5.79 Å². The molecule has 0 aromatic heterocycles. The van der Waals surface area contributed by atoms with Gasteiger partial charge < -0.3 is 60.8 Å². The number of hydrogen-bond acceptors (Lipinski definition) is 12. The van der Waals surface area contributed by atoms with Crippen LogP contribution < -0.4 is 22.9 Å². The van der Waals surface area contributed by atoms with Gasteiger partial charge in [-0.1, -0.05) is 51.1 Å². The molecule has 4 fully saturated rings. The lowest BCUT2D eigenvalue weighted by atomic mass is 10.1. The maximum absolute atomic E-state index is 5.63. The van der Waals surface area contributed by atoms with Crippen molar-refractivity contribution in [2.75, 3.05) is 52.9 Å². The Kier molecular flexibility index (Phi) is 16.4. The highest BCUT2D eigenvalue weighted by molar-refractivity contribution is 5.16. The monoisotopic (exact) mass is 614 g/mol. The van der Waals surface area contributed by atoms with Gasteiger partial charge in [-0.2, -0.15) is 0 Å². The van der Waals surface area contributed by atoms with E-state index in [1.54, 1.807) is 0 Å². The predicted molar refractivity (Wildman–Crippen MR) is 165 cm³/mol. The standard InChI is InChI=1S/C10H13NO2.C8H17NO2.C7H15NO2.C6H13NO2/c11-9-6-12-10(13-7-9)8-4-2-1-3-5-8;1-3-8(4-2)10-5-7(9)6-11-8;1-3-7(2)9-4-6(8)5-10-7;1-6(2)8-3-5(7)4-9-6/h1-5,9-10H,6-7,11H2;7H,3-6,9H2,1-2H3;6H,3-5,8H2,1-2H3;5H,3-4,7H2,1-2H3. The normalized spacial score (nSPS) is 30.8. The lowest BCUT2D eigenvalue weighted by molar-refractivity contribution is -0.274. The van der Waals surface area contributed by atoms with Crippen LogP contribution in [0.4, 0.5) is 0 Å². The first-order chi connectivity index (χ1) is 20.3. The second-order valence-electron chi connectivity index (χ2n) is 11.8. The van der Waals surface area contributed by atoms with E-state index in [0.717, 1.165) is 24.8 Å². The zero-order valence-corrected chi connectivity index (χ0v) is 27.1. The van der Waals surface area contributed by atoms with Crippen molar-refractivity contribution in [3.05, 3.63) is 35.9 Å². The van der Waals surface area contributed by atoms with E-state index in [0.29, 0.717) is 52.9 Å². The lowest BCUT2D eigenvalue weighted by Gasteiger charge is -2.38. The second-order valence-corrected chi connectivity index (χ2v) is 11.8. The Morgan fingerprint density at radius 3 is 1.35 bits per heavy atom. The lowest BCUT2D eigenvalue weighted by Crippen LogP contribution is -2.48. The quantitative estimate of drug-likeness (QED) is 0.390. The van der Waals surface area contributed by atoms with Crippen molar-refractivity contribution < 1.29 is 37.9 Å². The van der Waals surface area contributed by atoms with Crippen LogP contribution in [0.1, 0.15) is 72.7 Å². The third kappa shape index (κ3) is 14.1. The van der Waals surface area contributed by atoms with Crippen molar-refractivity contribution in [1.82, 2.24) is 0 Å². The van der Waals surface area contributed by atoms with Gasteiger partial charge in [0, 0.05) is 5.56 Å². The van der Waals surface area contributed by atoms with Crippen molar-refractivity contribution in [1.29, 1.82) is 0 Å². The van der Waals surface area contributed by atoms with Gasteiger partial charge in [0.2, 0.25) is 0 Å². The van der Waals surface area contributed by atoms with Crippen LogP contribution in [-0.2, 0) is 37.9 Å². The van der Waals surface area contributed by atoms with Gasteiger partial charge >= 0.3 is 0 Å². The average Bonchev–Trinajstić information content (AvgIpc) is 3.03. The smallest absolute Gasteiger partial charge is 0.183 e. The number of ether oxygens (including phenoxy) is 8. The molecule has 8 N–H and O–H groups in total. The molecule has 0 bridgehead atoms. The molecule has 4 heterocycles. The summed E-state index contributed by atoms with van der Waals surface area (Å²) in [5, 5.41) is 0. The Hall–Kier alpha value is -1.26. The molecule has 0 spiro atoms. The van der Waals surface area contributed by atoms with Crippen LogP contribution in [0.5, 0.6) is 0 Å². The van der Waals surface area contributed by atoms with Gasteiger partial charge in [0.1, 0.15) is 0 Å². The van der Waals surface area contributed by atoms with Gasteiger partial charge in [-0.25, -0.2) is 0 Å². The molecule has 1 aromatic carbocycles. The van der Waals surface area contributed by atoms with Crippen LogP contribution in [0.15, 0.2) is 30.3 Å². The highest BCUT2D eigenvalue weighted by Crippen LogP contribution is 2.25. The van der Waals surface area contributed by atoms with Crippen LogP contribution in [0.3, 0.4) is 0 Å². The van der Waals surface area contributed by atoms with E-state index in [-0.39, 0.29) is 42.0 Å². The van der Waals surface area contributed by atoms with Crippen LogP contribution in [0, 0.1) is 0 Å². The topological polar surface area (TPSA) is 178 Å². The van der Waals surface area contributed by atoms with Crippen LogP contribution in [0.25, 0.3) is 0 Å². The third-order valence-electron chi connectivity index (χ3n) is 7.33. The summed E-state index contributed by atoms with van der Waals surface area (Å²) < 4.78 is 43.1. The molecule has 0 saturated carbocycles. The van der Waals surface area contributed by atoms with Crippen molar-refractivity contribution in [3.8, 4) is 0 Å². The van der Waals surface area contributed by atoms with E-state index in [9.17, 15) is 0 Å². The Labute approximate surface area is 258 Å². The van der Waals surface area contributed by atoms with Crippen molar-refractivity contribution in [2.45, 2.75) is 109 Å². The molecule has 4 saturated heterocycles. The molecule has 1 aromatic rings. The predicted octanol–water partition coefficient (Wildman–Crippen LogP) is 2.52. The van der Waals surface area contributed by atoms with E-state index >= 15 is 0 Å². The molecule has 250 valence electrons. The SMILES string of the molecule is CC1(C)OCC(N)CO1.CCC1(C)OCC(N)CO1.CCC1(CC)OCC(N)CO1.NC1COC(c2ccccc2)OC1. The van der Waals surface area contributed by atoms with E-state index in [1.165, 1.54) is 0 Å². The molecule has 0 radical (unpaired) electrons. The summed E-state index contributed by atoms with van der Waals surface area (Å²) >= 11 is 0. The number of rotatable bonds is 4. The molecule has 43 heavy (non-hydrogen) atoms. The molecular formula is C31H58N4O8. The minimum atomic E-state index is -0.421. The molecule has 0 unspecified atom stereocenters. The van der Waals surface area contributed by atoms with Gasteiger partial charge in [0.15, 0.2) is 23.7 Å². The average molecular weight is 615 g/mol. The molecule has 0 amide bonds. The highest BCUT2D eigenvalue weighted by atomic mass is 16.7. The Morgan fingerprint density at radius 1 is 0.558 bits per heavy atom. The van der Waals surface area contributed by atoms with Gasteiger partial charge in [-0.15, -0.1) is 0 Å². The minimum absolute atomic E-state index is 0.0139. The summed E-state index contributed by atoms with van der Waals surface area (Å²) in [6, 6.07) is 10.1. The van der Waals surface area contributed by atoms with Gasteiger partial charge in [0.05, 0.1) is 77.0 Å². The van der Waals surface area contributed by atoms with Crippen molar-refractivity contribution in [3.63, 3.8) is 0 Å². The maximum Gasteiger partial charge on any atom is 0.183 e. The molecule has 12 nitrogen and oxygen atoms in total. The highest BCUT2D eigenvalue weighted by Gasteiger charge is 2.33. The Morgan fingerprint density at radius 2 is 0.953 bits per heavy atom. The van der Waals surface area contributed by atoms with Crippen molar-refractivity contribution >= 4 is 0 Å². The largest absolute Gasteiger partial charge is 0.349 e. The summed E-state index contributed by atoms with van der Waals surface area (Å²) in [5.41, 5.74) is 23.4. The zero-order chi connectivity index (χ0) is 31.9. The van der Waals surface area contributed by atoms with Crippen molar-refractivity contribution in [2.24, 2.45) is 22.9 Å². The third-order valence-corrected chi connectivity index (χ3v) is 7.33. The number of benzene rings is 1. The van der Waals surface area contributed by atoms with E-state index in [4.69, 9.17) is 60.8 Å². The summed E-state index contributed by atoms with van der Waals surface area (Å²) in [6.07, 6.45) is 2.44. The van der Waals surface area contributed by atoms with Crippen LogP contribution in [0.2, 0.25) is 0 Å². The zero-order valence-electron chi connectivity index (χ0n) is 27.1. The summed E-state index contributed by atoms with van der Waals surface area (Å²) in [4.78, 5) is 0. The summed E-state index contributed by atoms with van der Waals surface area (Å²) in [7, 11) is 0. The molecule has 12 heteroatoms. The molecular weight excluding hydrogens is 556 g/mol. The number of nitrogens with two attached hydrogens (primary N) is 4. The summed E-state index contributed by atoms with van der Waals surface area (Å²) in [6.45, 7) is 16.7. The first-order valence-electron chi connectivity index (χ1n) is 15.5. The molecule has 5 rings (SSSR count). The Bertz CT molecular complexity index is 841. The van der Waals surface area contributed by atoms with E-state index in [1.807, 2.05) is 58.0 Å². The molecule has 4 aliphatic rings. The van der Waals surface area contributed by atoms with E-state index in [2.05, 4.69) is 13.8 Å². The number of hydrogen-bond donors (Lipinski definition) is 4. The van der Waals surface area contributed by atoms with Gasteiger partial charge in [-0.05, 0) is 40.0 Å². The fourth-order valence-electron chi connectivity index (χ4n) is 4.15. The maximum atomic E-state index is 5.63. The second kappa shape index (κ2) is 18.6. The van der Waals surface area contributed by atoms with Gasteiger partial charge in [0.25, 0.3) is 0 Å². The fraction of sp³-hybridized carbons (Fsp3) is 0.806. The first kappa shape index (κ1) is 37.9. The minimum Gasteiger partial charge on any atom is -0.349 e.